The summed E-state index contributed by atoms with van der Waals surface area (Å²) in [7, 11) is 1.87. The number of nitrogens with zero attached hydrogens (tertiary/aromatic N) is 6. The highest BCUT2D eigenvalue weighted by Crippen LogP contribution is 2.24. The molecule has 5 rings (SSSR count). The zero-order chi connectivity index (χ0) is 24.4. The number of aromatic nitrogens is 5. The van der Waals surface area contributed by atoms with Crippen LogP contribution in [0.3, 0.4) is 0 Å². The van der Waals surface area contributed by atoms with Crippen LogP contribution in [0.15, 0.2) is 55.2 Å². The smallest absolute Gasteiger partial charge is 0.257 e. The van der Waals surface area contributed by atoms with Crippen LogP contribution in [0.25, 0.3) is 22.0 Å². The molecule has 4 aromatic rings. The molecule has 0 atom stereocenters. The number of ether oxygens (including phenoxy) is 1. The van der Waals surface area contributed by atoms with Crippen LogP contribution in [-0.4, -0.2) is 60.8 Å². The first-order valence-electron chi connectivity index (χ1n) is 11.9. The molecule has 0 aromatic carbocycles. The molecule has 0 unspecified atom stereocenters. The number of anilines is 1. The average Bonchev–Trinajstić information content (AvgIpc) is 3.30. The normalized spacial score (nSPS) is 15.0. The minimum atomic E-state index is -0.264. The molecule has 1 aliphatic heterocycles. The fraction of sp³-hybridized carbons (Fsp3) is 0.346. The Morgan fingerprint density at radius 1 is 1.06 bits per heavy atom. The van der Waals surface area contributed by atoms with Gasteiger partial charge in [0.05, 0.1) is 11.9 Å². The highest BCUT2D eigenvalue weighted by Gasteiger charge is 2.22. The van der Waals surface area contributed by atoms with Crippen LogP contribution >= 0.6 is 0 Å². The number of hydrogen-bond acceptors (Lipinski definition) is 7. The van der Waals surface area contributed by atoms with E-state index in [2.05, 4.69) is 44.1 Å². The highest BCUT2D eigenvalue weighted by molar-refractivity contribution is 6.04. The average molecular weight is 472 g/mol. The van der Waals surface area contributed by atoms with Gasteiger partial charge in [-0.3, -0.25) is 14.5 Å². The van der Waals surface area contributed by atoms with Crippen molar-refractivity contribution in [3.63, 3.8) is 0 Å². The van der Waals surface area contributed by atoms with Gasteiger partial charge in [-0.05, 0) is 50.3 Å². The lowest BCUT2D eigenvalue weighted by atomic mass is 10.1. The Hall–Kier alpha value is -3.85. The Bertz CT molecular complexity index is 1340. The first-order valence-corrected chi connectivity index (χ1v) is 11.9. The first-order chi connectivity index (χ1) is 16.9. The van der Waals surface area contributed by atoms with Crippen molar-refractivity contribution in [2.45, 2.75) is 38.8 Å². The maximum Gasteiger partial charge on any atom is 0.257 e. The Morgan fingerprint density at radius 3 is 2.60 bits per heavy atom. The first kappa shape index (κ1) is 22.9. The summed E-state index contributed by atoms with van der Waals surface area (Å²) in [6, 6.07) is 7.72. The van der Waals surface area contributed by atoms with E-state index in [1.54, 1.807) is 41.6 Å². The van der Waals surface area contributed by atoms with Gasteiger partial charge in [-0.25, -0.2) is 9.97 Å². The molecule has 9 heteroatoms. The summed E-state index contributed by atoms with van der Waals surface area (Å²) in [5, 5.41) is 8.91. The molecule has 180 valence electrons. The maximum atomic E-state index is 12.9. The molecule has 35 heavy (non-hydrogen) atoms. The molecule has 0 radical (unpaired) electrons. The van der Waals surface area contributed by atoms with Gasteiger partial charge in [0, 0.05) is 73.5 Å². The van der Waals surface area contributed by atoms with Gasteiger partial charge in [0.2, 0.25) is 5.88 Å². The Balaban J connectivity index is 1.27. The molecule has 0 aliphatic carbocycles. The summed E-state index contributed by atoms with van der Waals surface area (Å²) in [5.74, 6) is 0.672. The van der Waals surface area contributed by atoms with Crippen molar-refractivity contribution < 1.29 is 9.53 Å². The fourth-order valence-electron chi connectivity index (χ4n) is 4.30. The van der Waals surface area contributed by atoms with E-state index in [4.69, 9.17) is 4.74 Å². The molecular formula is C26H29N7O2. The zero-order valence-electron chi connectivity index (χ0n) is 20.2. The second kappa shape index (κ2) is 9.79. The zero-order valence-corrected chi connectivity index (χ0v) is 20.2. The van der Waals surface area contributed by atoms with E-state index in [1.165, 1.54) is 0 Å². The predicted octanol–water partition coefficient (Wildman–Crippen LogP) is 3.93. The third kappa shape index (κ3) is 5.30. The van der Waals surface area contributed by atoms with Gasteiger partial charge in [-0.1, -0.05) is 0 Å². The van der Waals surface area contributed by atoms with Crippen LogP contribution < -0.4 is 10.1 Å². The van der Waals surface area contributed by atoms with Crippen LogP contribution in [-0.2, 0) is 7.05 Å². The van der Waals surface area contributed by atoms with Crippen molar-refractivity contribution in [3.05, 3.63) is 60.8 Å². The summed E-state index contributed by atoms with van der Waals surface area (Å²) in [6.45, 7) is 6.44. The van der Waals surface area contributed by atoms with Gasteiger partial charge in [0.25, 0.3) is 5.91 Å². The van der Waals surface area contributed by atoms with Crippen LogP contribution in [0.5, 0.6) is 5.88 Å². The van der Waals surface area contributed by atoms with Crippen LogP contribution in [0.1, 0.15) is 37.0 Å². The standard InChI is InChI=1S/C26H29N7O2/c1-17(2)33-8-5-22(6-9-33)35-25-12-18(4-7-27-25)26(34)31-24-11-19-10-23(21-15-30-32(3)16-21)28-13-20(19)14-29-24/h4,7,10-17,22H,5-6,8-9H2,1-3H3,(H,29,31,34). The summed E-state index contributed by atoms with van der Waals surface area (Å²) in [5.41, 5.74) is 2.21. The number of carbonyl (C=O) groups is 1. The second-order valence-electron chi connectivity index (χ2n) is 9.17. The molecule has 1 amide bonds. The Morgan fingerprint density at radius 2 is 1.86 bits per heavy atom. The molecular weight excluding hydrogens is 442 g/mol. The van der Waals surface area contributed by atoms with E-state index < -0.39 is 0 Å². The van der Waals surface area contributed by atoms with E-state index in [9.17, 15) is 4.79 Å². The second-order valence-corrected chi connectivity index (χ2v) is 9.17. The van der Waals surface area contributed by atoms with Crippen molar-refractivity contribution in [2.75, 3.05) is 18.4 Å². The number of fused-ring (bicyclic) bond motifs is 1. The Kier molecular flexibility index (Phi) is 6.41. The molecule has 1 N–H and O–H groups in total. The maximum absolute atomic E-state index is 12.9. The lowest BCUT2D eigenvalue weighted by Crippen LogP contribution is -2.41. The highest BCUT2D eigenvalue weighted by atomic mass is 16.5. The van der Waals surface area contributed by atoms with Crippen LogP contribution in [0, 0.1) is 0 Å². The molecule has 1 aliphatic rings. The number of amides is 1. The number of hydrogen-bond donors (Lipinski definition) is 1. The molecule has 5 heterocycles. The summed E-state index contributed by atoms with van der Waals surface area (Å²) >= 11 is 0. The number of piperidine rings is 1. The van der Waals surface area contributed by atoms with Crippen molar-refractivity contribution in [1.29, 1.82) is 0 Å². The number of likely N-dealkylation sites (tertiary alicyclic amines) is 1. The molecule has 1 saturated heterocycles. The molecule has 0 bridgehead atoms. The molecule has 9 nitrogen and oxygen atoms in total. The van der Waals surface area contributed by atoms with Gasteiger partial charge < -0.3 is 15.0 Å². The minimum Gasteiger partial charge on any atom is -0.474 e. The number of aryl methyl sites for hydroxylation is 1. The van der Waals surface area contributed by atoms with Gasteiger partial charge in [-0.15, -0.1) is 0 Å². The number of carbonyl (C=O) groups excluding carboxylic acids is 1. The molecule has 1 fully saturated rings. The third-order valence-corrected chi connectivity index (χ3v) is 6.34. The quantitative estimate of drug-likeness (QED) is 0.455. The van der Waals surface area contributed by atoms with Crippen LogP contribution in [0.4, 0.5) is 5.82 Å². The molecule has 0 spiro atoms. The Labute approximate surface area is 204 Å². The van der Waals surface area contributed by atoms with Gasteiger partial charge >= 0.3 is 0 Å². The number of rotatable bonds is 6. The van der Waals surface area contributed by atoms with Gasteiger partial charge in [-0.2, -0.15) is 5.10 Å². The topological polar surface area (TPSA) is 98.1 Å². The van der Waals surface area contributed by atoms with E-state index in [1.807, 2.05) is 25.4 Å². The van der Waals surface area contributed by atoms with Crippen LogP contribution in [0.2, 0.25) is 0 Å². The SMILES string of the molecule is CC(C)N1CCC(Oc2cc(C(=O)Nc3cc4cc(-c5cnn(C)c5)ncc4cn3)ccn2)CC1. The molecule has 4 aromatic heterocycles. The predicted molar refractivity (Wildman–Crippen MR) is 134 cm³/mol. The lowest BCUT2D eigenvalue weighted by molar-refractivity contribution is 0.0810. The van der Waals surface area contributed by atoms with Crippen molar-refractivity contribution >= 4 is 22.5 Å². The third-order valence-electron chi connectivity index (χ3n) is 6.34. The van der Waals surface area contributed by atoms with Crippen molar-refractivity contribution in [2.24, 2.45) is 7.05 Å². The van der Waals surface area contributed by atoms with E-state index >= 15 is 0 Å². The summed E-state index contributed by atoms with van der Waals surface area (Å²) in [4.78, 5) is 28.6. The van der Waals surface area contributed by atoms with Gasteiger partial charge in [0.15, 0.2) is 0 Å². The molecule has 0 saturated carbocycles. The summed E-state index contributed by atoms with van der Waals surface area (Å²) in [6.07, 6.45) is 10.8. The number of pyridine rings is 3. The van der Waals surface area contributed by atoms with Crippen molar-refractivity contribution in [1.82, 2.24) is 29.6 Å². The van der Waals surface area contributed by atoms with E-state index in [0.717, 1.165) is 48.0 Å². The van der Waals surface area contributed by atoms with Crippen molar-refractivity contribution in [3.8, 4) is 17.1 Å². The van der Waals surface area contributed by atoms with Gasteiger partial charge in [0.1, 0.15) is 11.9 Å². The number of nitrogens with one attached hydrogen (secondary N) is 1. The largest absolute Gasteiger partial charge is 0.474 e. The van der Waals surface area contributed by atoms with E-state index in [-0.39, 0.29) is 12.0 Å². The summed E-state index contributed by atoms with van der Waals surface area (Å²) < 4.78 is 7.83. The minimum absolute atomic E-state index is 0.112. The van der Waals surface area contributed by atoms with E-state index in [0.29, 0.717) is 23.3 Å². The fourth-order valence-corrected chi connectivity index (χ4v) is 4.30. The monoisotopic (exact) mass is 471 g/mol. The lowest BCUT2D eigenvalue weighted by Gasteiger charge is -2.34.